The van der Waals surface area contributed by atoms with Crippen LogP contribution in [0.25, 0.3) is 44.2 Å². The summed E-state index contributed by atoms with van der Waals surface area (Å²) in [6, 6.07) is 31.0. The van der Waals surface area contributed by atoms with Crippen LogP contribution in [0.15, 0.2) is 95.4 Å². The summed E-state index contributed by atoms with van der Waals surface area (Å²) < 4.78 is 6.00. The molecule has 0 spiro atoms. The number of furan rings is 1. The highest BCUT2D eigenvalue weighted by Gasteiger charge is 2.12. The van der Waals surface area contributed by atoms with Crippen LogP contribution in [0.1, 0.15) is 0 Å². The fourth-order valence-electron chi connectivity index (χ4n) is 3.51. The zero-order valence-electron chi connectivity index (χ0n) is 13.9. The minimum atomic E-state index is 0.717. The van der Waals surface area contributed by atoms with Crippen molar-refractivity contribution in [3.05, 3.63) is 96.0 Å². The molecule has 1 aromatic heterocycles. The predicted octanol–water partition coefficient (Wildman–Crippen LogP) is 7.57. The molecule has 1 heterocycles. The predicted molar refractivity (Wildman–Crippen MR) is 110 cm³/mol. The van der Waals surface area contributed by atoms with E-state index in [1.165, 1.54) is 11.1 Å². The Morgan fingerprint density at radius 2 is 1.31 bits per heavy atom. The zero-order valence-corrected chi connectivity index (χ0v) is 14.7. The van der Waals surface area contributed by atoms with Crippen molar-refractivity contribution in [1.29, 1.82) is 0 Å². The van der Waals surface area contributed by atoms with E-state index >= 15 is 0 Å². The molecule has 0 bridgehead atoms. The third-order valence-electron chi connectivity index (χ3n) is 4.76. The van der Waals surface area contributed by atoms with Gasteiger partial charge in [0.2, 0.25) is 0 Å². The van der Waals surface area contributed by atoms with Crippen molar-refractivity contribution >= 4 is 33.5 Å². The topological polar surface area (TPSA) is 13.1 Å². The average Bonchev–Trinajstić information content (AvgIpc) is 3.07. The molecule has 0 unspecified atom stereocenters. The van der Waals surface area contributed by atoms with Gasteiger partial charge in [-0.1, -0.05) is 78.3 Å². The number of hydrogen-bond acceptors (Lipinski definition) is 1. The smallest absolute Gasteiger partial charge is 0.136 e. The van der Waals surface area contributed by atoms with Crippen LogP contribution < -0.4 is 0 Å². The van der Waals surface area contributed by atoms with Crippen molar-refractivity contribution < 1.29 is 4.42 Å². The lowest BCUT2D eigenvalue weighted by molar-refractivity contribution is 0.669. The van der Waals surface area contributed by atoms with Gasteiger partial charge in [-0.2, -0.15) is 0 Å². The molecule has 1 nitrogen and oxygen atoms in total. The van der Waals surface area contributed by atoms with E-state index in [-0.39, 0.29) is 0 Å². The van der Waals surface area contributed by atoms with E-state index in [1.54, 1.807) is 0 Å². The normalized spacial score (nSPS) is 11.3. The van der Waals surface area contributed by atoms with Crippen molar-refractivity contribution in [2.45, 2.75) is 0 Å². The van der Waals surface area contributed by atoms with Crippen molar-refractivity contribution in [2.75, 3.05) is 0 Å². The molecule has 0 fully saturated rings. The van der Waals surface area contributed by atoms with E-state index < -0.39 is 0 Å². The monoisotopic (exact) mass is 354 g/mol. The van der Waals surface area contributed by atoms with Crippen LogP contribution in [0.5, 0.6) is 0 Å². The molecule has 26 heavy (non-hydrogen) atoms. The summed E-state index contributed by atoms with van der Waals surface area (Å²) >= 11 is 6.22. The number of hydrogen-bond donors (Lipinski definition) is 0. The molecule has 5 aromatic rings. The molecule has 0 N–H and O–H groups in total. The first-order valence-corrected chi connectivity index (χ1v) is 8.94. The molecule has 0 saturated heterocycles. The van der Waals surface area contributed by atoms with E-state index in [0.717, 1.165) is 38.1 Å². The molecular weight excluding hydrogens is 340 g/mol. The largest absolute Gasteiger partial charge is 0.456 e. The van der Waals surface area contributed by atoms with Gasteiger partial charge in [0.25, 0.3) is 0 Å². The van der Waals surface area contributed by atoms with E-state index in [4.69, 9.17) is 16.0 Å². The summed E-state index contributed by atoms with van der Waals surface area (Å²) in [4.78, 5) is 0. The molecule has 2 heteroatoms. The molecule has 0 radical (unpaired) electrons. The standard InChI is InChI=1S/C24H15ClO/c25-19-13-14-22-21(15-19)24-20(7-4-8-23(24)26-22)18-11-9-17(10-12-18)16-5-2-1-3-6-16/h1-15H. The molecule has 0 aliphatic carbocycles. The second kappa shape index (κ2) is 6.05. The maximum Gasteiger partial charge on any atom is 0.136 e. The number of fused-ring (bicyclic) bond motifs is 3. The van der Waals surface area contributed by atoms with Gasteiger partial charge in [0.1, 0.15) is 11.2 Å². The summed E-state index contributed by atoms with van der Waals surface area (Å²) in [5, 5.41) is 2.88. The molecule has 5 rings (SSSR count). The third-order valence-corrected chi connectivity index (χ3v) is 5.00. The van der Waals surface area contributed by atoms with Crippen LogP contribution in [-0.4, -0.2) is 0 Å². The lowest BCUT2D eigenvalue weighted by Gasteiger charge is -2.06. The first-order valence-electron chi connectivity index (χ1n) is 8.56. The second-order valence-corrected chi connectivity index (χ2v) is 6.80. The van der Waals surface area contributed by atoms with Gasteiger partial charge in [-0.15, -0.1) is 0 Å². The zero-order chi connectivity index (χ0) is 17.5. The van der Waals surface area contributed by atoms with Crippen molar-refractivity contribution in [3.63, 3.8) is 0 Å². The van der Waals surface area contributed by atoms with Gasteiger partial charge >= 0.3 is 0 Å². The number of halogens is 1. The minimum Gasteiger partial charge on any atom is -0.456 e. The Labute approximate surface area is 156 Å². The van der Waals surface area contributed by atoms with Crippen molar-refractivity contribution in [1.82, 2.24) is 0 Å². The lowest BCUT2D eigenvalue weighted by atomic mass is 9.97. The quantitative estimate of drug-likeness (QED) is 0.318. The molecular formula is C24H15ClO. The minimum absolute atomic E-state index is 0.717. The first kappa shape index (κ1) is 15.2. The van der Waals surface area contributed by atoms with Crippen molar-refractivity contribution in [2.24, 2.45) is 0 Å². The maximum absolute atomic E-state index is 6.22. The SMILES string of the molecule is Clc1ccc2oc3cccc(-c4ccc(-c5ccccc5)cc4)c3c2c1. The molecule has 0 aliphatic heterocycles. The van der Waals surface area contributed by atoms with Crippen LogP contribution in [0.2, 0.25) is 5.02 Å². The fraction of sp³-hybridized carbons (Fsp3) is 0. The van der Waals surface area contributed by atoms with Crippen LogP contribution in [0.4, 0.5) is 0 Å². The first-order chi connectivity index (χ1) is 12.8. The Morgan fingerprint density at radius 1 is 0.577 bits per heavy atom. The maximum atomic E-state index is 6.22. The van der Waals surface area contributed by atoms with Gasteiger partial charge < -0.3 is 4.42 Å². The Morgan fingerprint density at radius 3 is 2.12 bits per heavy atom. The molecule has 0 saturated carbocycles. The van der Waals surface area contributed by atoms with Crippen LogP contribution in [0, 0.1) is 0 Å². The van der Waals surface area contributed by atoms with Crippen LogP contribution >= 0.6 is 11.6 Å². The molecule has 0 aliphatic rings. The van der Waals surface area contributed by atoms with E-state index in [2.05, 4.69) is 54.6 Å². The summed E-state index contributed by atoms with van der Waals surface area (Å²) in [6.07, 6.45) is 0. The van der Waals surface area contributed by atoms with Gasteiger partial charge in [0, 0.05) is 15.8 Å². The molecule has 0 atom stereocenters. The van der Waals surface area contributed by atoms with Crippen LogP contribution in [-0.2, 0) is 0 Å². The highest BCUT2D eigenvalue weighted by atomic mass is 35.5. The summed E-state index contributed by atoms with van der Waals surface area (Å²) in [7, 11) is 0. The highest BCUT2D eigenvalue weighted by molar-refractivity contribution is 6.32. The van der Waals surface area contributed by atoms with E-state index in [1.807, 2.05) is 36.4 Å². The lowest BCUT2D eigenvalue weighted by Crippen LogP contribution is -1.81. The second-order valence-electron chi connectivity index (χ2n) is 6.36. The van der Waals surface area contributed by atoms with E-state index in [9.17, 15) is 0 Å². The van der Waals surface area contributed by atoms with Gasteiger partial charge in [-0.25, -0.2) is 0 Å². The Bertz CT molecular complexity index is 1220. The van der Waals surface area contributed by atoms with Gasteiger partial charge in [0.15, 0.2) is 0 Å². The van der Waals surface area contributed by atoms with Crippen LogP contribution in [0.3, 0.4) is 0 Å². The Balaban J connectivity index is 1.69. The Hall–Kier alpha value is -3.03. The Kier molecular flexibility index (Phi) is 3.55. The van der Waals surface area contributed by atoms with Gasteiger partial charge in [0.05, 0.1) is 0 Å². The summed E-state index contributed by atoms with van der Waals surface area (Å²) in [6.45, 7) is 0. The third kappa shape index (κ3) is 2.49. The molecule has 0 amide bonds. The number of rotatable bonds is 2. The summed E-state index contributed by atoms with van der Waals surface area (Å²) in [5.41, 5.74) is 6.49. The van der Waals surface area contributed by atoms with Gasteiger partial charge in [-0.3, -0.25) is 0 Å². The van der Waals surface area contributed by atoms with E-state index in [0.29, 0.717) is 0 Å². The average molecular weight is 355 g/mol. The van der Waals surface area contributed by atoms with Crippen molar-refractivity contribution in [3.8, 4) is 22.3 Å². The highest BCUT2D eigenvalue weighted by Crippen LogP contribution is 2.38. The molecule has 124 valence electrons. The fourth-order valence-corrected chi connectivity index (χ4v) is 3.68. The molecule has 4 aromatic carbocycles. The summed E-state index contributed by atoms with van der Waals surface area (Å²) in [5.74, 6) is 0. The van der Waals surface area contributed by atoms with Gasteiger partial charge in [-0.05, 0) is 46.5 Å². The number of benzene rings is 4.